The van der Waals surface area contributed by atoms with Gasteiger partial charge in [-0.15, -0.1) is 0 Å². The van der Waals surface area contributed by atoms with E-state index in [1.807, 2.05) is 0 Å². The van der Waals surface area contributed by atoms with E-state index in [2.05, 4.69) is 15.4 Å². The number of hydrogen-bond donors (Lipinski definition) is 3. The number of primary amides is 1. The van der Waals surface area contributed by atoms with Crippen LogP contribution in [0.5, 0.6) is 0 Å². The second kappa shape index (κ2) is 9.54. The van der Waals surface area contributed by atoms with Crippen molar-refractivity contribution in [2.75, 3.05) is 0 Å². The molecule has 3 aromatic rings. The number of nitrogens with one attached hydrogen (secondary N) is 1. The zero-order valence-corrected chi connectivity index (χ0v) is 18.1. The molecule has 1 atom stereocenters. The van der Waals surface area contributed by atoms with Crippen molar-refractivity contribution >= 4 is 23.4 Å². The van der Waals surface area contributed by atoms with Gasteiger partial charge >= 0.3 is 5.97 Å². The summed E-state index contributed by atoms with van der Waals surface area (Å²) in [7, 11) is 0. The summed E-state index contributed by atoms with van der Waals surface area (Å²) < 4.78 is 29.7. The number of hydrogen-bond acceptors (Lipinski definition) is 5. The van der Waals surface area contributed by atoms with Crippen molar-refractivity contribution in [3.63, 3.8) is 0 Å². The van der Waals surface area contributed by atoms with E-state index in [4.69, 9.17) is 10.8 Å². The molecule has 1 unspecified atom stereocenters. The van der Waals surface area contributed by atoms with Crippen molar-refractivity contribution in [1.82, 2.24) is 19.9 Å². The molecule has 1 aliphatic rings. The largest absolute Gasteiger partial charge is 0.481 e. The van der Waals surface area contributed by atoms with Crippen LogP contribution in [0.15, 0.2) is 30.6 Å². The normalized spacial score (nSPS) is 15.2. The summed E-state index contributed by atoms with van der Waals surface area (Å²) in [6.07, 6.45) is 6.71. The topological polar surface area (TPSA) is 140 Å². The Balaban J connectivity index is 1.80. The first-order chi connectivity index (χ1) is 16.3. The molecule has 0 bridgehead atoms. The number of halogens is 2. The van der Waals surface area contributed by atoms with Gasteiger partial charge < -0.3 is 16.2 Å². The van der Waals surface area contributed by atoms with Crippen LogP contribution < -0.4 is 11.1 Å². The van der Waals surface area contributed by atoms with Crippen molar-refractivity contribution in [3.8, 4) is 11.1 Å². The van der Waals surface area contributed by atoms with Crippen LogP contribution in [0, 0.1) is 11.6 Å². The van der Waals surface area contributed by atoms with E-state index in [0.717, 1.165) is 38.2 Å². The number of fused-ring (bicyclic) bond motifs is 1. The number of benzene rings is 1. The van der Waals surface area contributed by atoms with Crippen LogP contribution in [-0.2, 0) is 9.59 Å². The van der Waals surface area contributed by atoms with Crippen LogP contribution in [0.4, 0.5) is 8.78 Å². The number of carboxylic acid groups (broad SMARTS) is 1. The third-order valence-corrected chi connectivity index (χ3v) is 6.05. The number of carbonyl (C=O) groups is 3. The van der Waals surface area contributed by atoms with E-state index >= 15 is 0 Å². The number of aromatic nitrogens is 3. The summed E-state index contributed by atoms with van der Waals surface area (Å²) in [4.78, 5) is 39.7. The molecule has 1 fully saturated rings. The monoisotopic (exact) mass is 471 g/mol. The van der Waals surface area contributed by atoms with E-state index in [-0.39, 0.29) is 22.7 Å². The SMILES string of the molecule is NC(=O)C(CC(=O)O)NC(=O)c1cnn2c(C3CCCCC3)c(-c3ccc(F)cc3F)cnc12. The average molecular weight is 471 g/mol. The predicted octanol–water partition coefficient (Wildman–Crippen LogP) is 2.78. The zero-order chi connectivity index (χ0) is 24.4. The van der Waals surface area contributed by atoms with E-state index in [1.54, 1.807) is 0 Å². The lowest BCUT2D eigenvalue weighted by Crippen LogP contribution is -2.45. The summed E-state index contributed by atoms with van der Waals surface area (Å²) in [5.41, 5.74) is 6.68. The van der Waals surface area contributed by atoms with Gasteiger partial charge in [-0.3, -0.25) is 14.4 Å². The molecule has 2 heterocycles. The number of rotatable bonds is 7. The molecule has 4 N–H and O–H groups in total. The summed E-state index contributed by atoms with van der Waals surface area (Å²) in [5, 5.41) is 15.6. The molecule has 0 saturated heterocycles. The molecule has 1 aromatic carbocycles. The molecule has 9 nitrogen and oxygen atoms in total. The van der Waals surface area contributed by atoms with Crippen LogP contribution >= 0.6 is 0 Å². The molecule has 4 rings (SSSR count). The van der Waals surface area contributed by atoms with Crippen molar-refractivity contribution in [1.29, 1.82) is 0 Å². The van der Waals surface area contributed by atoms with Gasteiger partial charge in [-0.2, -0.15) is 5.10 Å². The number of aliphatic carboxylic acids is 1. The van der Waals surface area contributed by atoms with Crippen LogP contribution in [0.2, 0.25) is 0 Å². The van der Waals surface area contributed by atoms with Gasteiger partial charge in [-0.1, -0.05) is 19.3 Å². The van der Waals surface area contributed by atoms with Crippen LogP contribution in [0.3, 0.4) is 0 Å². The third-order valence-electron chi connectivity index (χ3n) is 6.05. The molecule has 1 saturated carbocycles. The van der Waals surface area contributed by atoms with Crippen LogP contribution in [0.25, 0.3) is 16.8 Å². The first kappa shape index (κ1) is 23.3. The maximum absolute atomic E-state index is 14.7. The minimum atomic E-state index is -1.41. The highest BCUT2D eigenvalue weighted by Gasteiger charge is 2.28. The summed E-state index contributed by atoms with van der Waals surface area (Å²) >= 11 is 0. The van der Waals surface area contributed by atoms with Gasteiger partial charge in [-0.25, -0.2) is 18.3 Å². The minimum Gasteiger partial charge on any atom is -0.481 e. The fraction of sp³-hybridized carbons (Fsp3) is 0.348. The molecule has 178 valence electrons. The van der Waals surface area contributed by atoms with Crippen LogP contribution in [-0.4, -0.2) is 43.5 Å². The third kappa shape index (κ3) is 4.59. The Morgan fingerprint density at radius 1 is 1.15 bits per heavy atom. The van der Waals surface area contributed by atoms with Gasteiger partial charge in [0.15, 0.2) is 5.65 Å². The van der Waals surface area contributed by atoms with Gasteiger partial charge in [0.2, 0.25) is 5.91 Å². The molecule has 0 spiro atoms. The molecular formula is C23H23F2N5O4. The standard InChI is InChI=1S/C23H23F2N5O4/c24-13-6-7-14(17(25)8-13)15-10-27-22-16(23(34)29-18(21(26)33)9-19(31)32)11-28-30(22)20(15)12-4-2-1-3-5-12/h6-8,10-12,18H,1-5,9H2,(H2,26,33)(H,29,34)(H,31,32). The Hall–Kier alpha value is -3.89. The number of amides is 2. The highest BCUT2D eigenvalue weighted by atomic mass is 19.1. The van der Waals surface area contributed by atoms with E-state index in [9.17, 15) is 23.2 Å². The Bertz CT molecular complexity index is 1270. The van der Waals surface area contributed by atoms with Gasteiger partial charge in [-0.05, 0) is 25.0 Å². The molecule has 2 amide bonds. The van der Waals surface area contributed by atoms with Crippen molar-refractivity contribution < 1.29 is 28.3 Å². The van der Waals surface area contributed by atoms with Crippen molar-refractivity contribution in [3.05, 3.63) is 53.5 Å². The fourth-order valence-corrected chi connectivity index (χ4v) is 4.43. The molecule has 2 aromatic heterocycles. The predicted molar refractivity (Wildman–Crippen MR) is 117 cm³/mol. The summed E-state index contributed by atoms with van der Waals surface area (Å²) in [6.45, 7) is 0. The van der Waals surface area contributed by atoms with Crippen LogP contribution in [0.1, 0.15) is 60.5 Å². The maximum atomic E-state index is 14.7. The van der Waals surface area contributed by atoms with Gasteiger partial charge in [0.1, 0.15) is 23.2 Å². The lowest BCUT2D eigenvalue weighted by molar-refractivity contribution is -0.139. The first-order valence-corrected chi connectivity index (χ1v) is 10.9. The zero-order valence-electron chi connectivity index (χ0n) is 18.1. The molecule has 0 radical (unpaired) electrons. The summed E-state index contributed by atoms with van der Waals surface area (Å²) in [6, 6.07) is 1.91. The highest BCUT2D eigenvalue weighted by molar-refractivity contribution is 6.02. The molecule has 0 aliphatic heterocycles. The molecule has 11 heteroatoms. The van der Waals surface area contributed by atoms with Gasteiger partial charge in [0.05, 0.1) is 18.3 Å². The Morgan fingerprint density at radius 2 is 1.88 bits per heavy atom. The fourth-order valence-electron chi connectivity index (χ4n) is 4.43. The Labute approximate surface area is 193 Å². The van der Waals surface area contributed by atoms with E-state index in [1.165, 1.54) is 29.0 Å². The number of nitrogens with two attached hydrogens (primary N) is 1. The minimum absolute atomic E-state index is 0.0137. The molecule has 34 heavy (non-hydrogen) atoms. The van der Waals surface area contributed by atoms with Gasteiger partial charge in [0, 0.05) is 29.3 Å². The van der Waals surface area contributed by atoms with E-state index in [0.29, 0.717) is 11.3 Å². The average Bonchev–Trinajstić information content (AvgIpc) is 3.22. The second-order valence-electron chi connectivity index (χ2n) is 8.34. The summed E-state index contributed by atoms with van der Waals surface area (Å²) in [5.74, 6) is -4.47. The smallest absolute Gasteiger partial charge is 0.305 e. The van der Waals surface area contributed by atoms with E-state index < -0.39 is 41.9 Å². The Kier molecular flexibility index (Phi) is 6.53. The lowest BCUT2D eigenvalue weighted by Gasteiger charge is -2.25. The quantitative estimate of drug-likeness (QED) is 0.484. The Morgan fingerprint density at radius 3 is 2.53 bits per heavy atom. The first-order valence-electron chi connectivity index (χ1n) is 10.9. The maximum Gasteiger partial charge on any atom is 0.305 e. The van der Waals surface area contributed by atoms with Crippen molar-refractivity contribution in [2.24, 2.45) is 5.73 Å². The number of carboxylic acids is 1. The van der Waals surface area contributed by atoms with Gasteiger partial charge in [0.25, 0.3) is 5.91 Å². The second-order valence-corrected chi connectivity index (χ2v) is 8.34. The van der Waals surface area contributed by atoms with Crippen molar-refractivity contribution in [2.45, 2.75) is 50.5 Å². The molecular weight excluding hydrogens is 448 g/mol. The lowest BCUT2D eigenvalue weighted by atomic mass is 9.84. The highest BCUT2D eigenvalue weighted by Crippen LogP contribution is 2.39. The molecule has 1 aliphatic carbocycles. The number of nitrogens with zero attached hydrogens (tertiary/aromatic N) is 3. The number of carbonyl (C=O) groups excluding carboxylic acids is 2.